The molecule has 0 N–H and O–H groups in total. The van der Waals surface area contributed by atoms with Crippen molar-refractivity contribution < 1.29 is 22.7 Å². The maximum atomic E-state index is 12.4. The van der Waals surface area contributed by atoms with Crippen LogP contribution in [0.2, 0.25) is 0 Å². The quantitative estimate of drug-likeness (QED) is 0.503. The highest BCUT2D eigenvalue weighted by molar-refractivity contribution is 5.82. The van der Waals surface area contributed by atoms with Crippen LogP contribution in [0.4, 0.5) is 13.2 Å². The van der Waals surface area contributed by atoms with Gasteiger partial charge < -0.3 is 4.74 Å². The number of carbonyl (C=O) groups excluding carboxylic acids is 1. The monoisotopic (exact) mass is 222 g/mol. The van der Waals surface area contributed by atoms with E-state index in [-0.39, 0.29) is 12.8 Å². The lowest BCUT2D eigenvalue weighted by molar-refractivity contribution is -0.178. The van der Waals surface area contributed by atoms with Crippen molar-refractivity contribution in [3.8, 4) is 0 Å². The van der Waals surface area contributed by atoms with Gasteiger partial charge in [-0.1, -0.05) is 5.57 Å². The number of methoxy groups -OCH3 is 1. The molecule has 0 radical (unpaired) electrons. The number of hydrogen-bond donors (Lipinski definition) is 0. The molecule has 0 bridgehead atoms. The summed E-state index contributed by atoms with van der Waals surface area (Å²) >= 11 is 0. The smallest absolute Gasteiger partial charge is 0.392 e. The molecule has 0 saturated heterocycles. The van der Waals surface area contributed by atoms with Crippen LogP contribution in [-0.2, 0) is 9.53 Å². The first kappa shape index (κ1) is 12.1. The molecule has 0 heterocycles. The van der Waals surface area contributed by atoms with Gasteiger partial charge in [0.05, 0.1) is 13.0 Å². The third-order valence-electron chi connectivity index (χ3n) is 2.55. The number of hydrogen-bond acceptors (Lipinski definition) is 2. The molecule has 0 amide bonds. The summed E-state index contributed by atoms with van der Waals surface area (Å²) in [5.74, 6) is -1.88. The highest BCUT2D eigenvalue weighted by atomic mass is 19.4. The lowest BCUT2D eigenvalue weighted by atomic mass is 9.85. The van der Waals surface area contributed by atoms with Crippen molar-refractivity contribution in [1.82, 2.24) is 0 Å². The van der Waals surface area contributed by atoms with Gasteiger partial charge in [0.1, 0.15) is 0 Å². The summed E-state index contributed by atoms with van der Waals surface area (Å²) in [6.07, 6.45) is -1.86. The third-order valence-corrected chi connectivity index (χ3v) is 2.55. The highest BCUT2D eigenvalue weighted by Gasteiger charge is 2.40. The molecule has 2 nitrogen and oxygen atoms in total. The van der Waals surface area contributed by atoms with Gasteiger partial charge in [0.2, 0.25) is 0 Å². The first-order valence-corrected chi connectivity index (χ1v) is 4.77. The topological polar surface area (TPSA) is 26.3 Å². The van der Waals surface area contributed by atoms with Gasteiger partial charge >= 0.3 is 12.1 Å². The molecule has 0 spiro atoms. The Bertz CT molecular complexity index is 268. The summed E-state index contributed by atoms with van der Waals surface area (Å²) in [5.41, 5.74) is 0.537. The van der Waals surface area contributed by atoms with Crippen molar-refractivity contribution in [2.45, 2.75) is 31.9 Å². The van der Waals surface area contributed by atoms with Crippen LogP contribution >= 0.6 is 0 Å². The zero-order chi connectivity index (χ0) is 11.5. The van der Waals surface area contributed by atoms with Crippen LogP contribution < -0.4 is 0 Å². The van der Waals surface area contributed by atoms with E-state index in [0.29, 0.717) is 18.4 Å². The Labute approximate surface area is 86.1 Å². The molecule has 0 aromatic rings. The van der Waals surface area contributed by atoms with Crippen LogP contribution in [0.3, 0.4) is 0 Å². The Morgan fingerprint density at radius 3 is 2.73 bits per heavy atom. The lowest BCUT2D eigenvalue weighted by Gasteiger charge is -2.25. The van der Waals surface area contributed by atoms with E-state index in [1.54, 1.807) is 0 Å². The van der Waals surface area contributed by atoms with Gasteiger partial charge in [-0.25, -0.2) is 4.79 Å². The second-order valence-electron chi connectivity index (χ2n) is 3.66. The van der Waals surface area contributed by atoms with Gasteiger partial charge in [-0.15, -0.1) is 0 Å². The molecular formula is C10H13F3O2. The van der Waals surface area contributed by atoms with E-state index in [4.69, 9.17) is 0 Å². The molecule has 0 aliphatic heterocycles. The summed E-state index contributed by atoms with van der Waals surface area (Å²) in [4.78, 5) is 10.9. The lowest BCUT2D eigenvalue weighted by Crippen LogP contribution is -2.26. The summed E-state index contributed by atoms with van der Waals surface area (Å²) < 4.78 is 41.5. The number of ether oxygens (including phenoxy) is 1. The van der Waals surface area contributed by atoms with Crippen molar-refractivity contribution >= 4 is 5.97 Å². The Kier molecular flexibility index (Phi) is 3.77. The predicted molar refractivity (Wildman–Crippen MR) is 48.1 cm³/mol. The summed E-state index contributed by atoms with van der Waals surface area (Å²) in [5, 5.41) is 0. The van der Waals surface area contributed by atoms with Crippen LogP contribution in [0, 0.1) is 5.92 Å². The number of esters is 1. The van der Waals surface area contributed by atoms with Crippen molar-refractivity contribution in [3.63, 3.8) is 0 Å². The summed E-state index contributed by atoms with van der Waals surface area (Å²) in [6.45, 7) is 0. The van der Waals surface area contributed by atoms with Crippen molar-refractivity contribution in [2.75, 3.05) is 7.11 Å². The van der Waals surface area contributed by atoms with E-state index in [1.165, 1.54) is 13.2 Å². The van der Waals surface area contributed by atoms with E-state index < -0.39 is 18.1 Å². The Balaban J connectivity index is 2.64. The molecule has 1 aliphatic carbocycles. The zero-order valence-corrected chi connectivity index (χ0v) is 8.43. The minimum atomic E-state index is -4.16. The Morgan fingerprint density at radius 1 is 1.53 bits per heavy atom. The second kappa shape index (κ2) is 4.68. The van der Waals surface area contributed by atoms with Gasteiger partial charge in [0.15, 0.2) is 0 Å². The normalized spacial score (nSPS) is 25.3. The first-order valence-electron chi connectivity index (χ1n) is 4.77. The molecule has 1 atom stereocenters. The fourth-order valence-electron chi connectivity index (χ4n) is 1.73. The maximum Gasteiger partial charge on any atom is 0.392 e. The van der Waals surface area contributed by atoms with E-state index >= 15 is 0 Å². The molecule has 0 aromatic carbocycles. The fraction of sp³-hybridized carbons (Fsp3) is 0.700. The molecule has 1 saturated carbocycles. The first-order chi connectivity index (χ1) is 6.93. The van der Waals surface area contributed by atoms with E-state index in [0.717, 1.165) is 0 Å². The number of alkyl halides is 3. The number of allylic oxidation sites excluding steroid dienone is 1. The number of carbonyl (C=O) groups is 1. The Hall–Kier alpha value is -1.00. The molecule has 86 valence electrons. The largest absolute Gasteiger partial charge is 0.466 e. The Morgan fingerprint density at radius 2 is 2.20 bits per heavy atom. The van der Waals surface area contributed by atoms with Crippen LogP contribution in [0.25, 0.3) is 0 Å². The van der Waals surface area contributed by atoms with Crippen molar-refractivity contribution in [2.24, 2.45) is 5.92 Å². The van der Waals surface area contributed by atoms with Crippen LogP contribution in [0.1, 0.15) is 25.7 Å². The van der Waals surface area contributed by atoms with E-state index in [2.05, 4.69) is 4.74 Å². The molecule has 1 fully saturated rings. The molecule has 1 unspecified atom stereocenters. The van der Waals surface area contributed by atoms with Crippen LogP contribution in [-0.4, -0.2) is 19.3 Å². The van der Waals surface area contributed by atoms with Crippen LogP contribution in [0.15, 0.2) is 11.6 Å². The van der Waals surface area contributed by atoms with Crippen molar-refractivity contribution in [3.05, 3.63) is 11.6 Å². The van der Waals surface area contributed by atoms with Gasteiger partial charge in [-0.05, 0) is 25.7 Å². The average Bonchev–Trinajstić information content (AvgIpc) is 2.17. The fourth-order valence-corrected chi connectivity index (χ4v) is 1.73. The highest BCUT2D eigenvalue weighted by Crippen LogP contribution is 2.39. The average molecular weight is 222 g/mol. The summed E-state index contributed by atoms with van der Waals surface area (Å²) in [7, 11) is 1.21. The third kappa shape index (κ3) is 3.57. The molecule has 1 rings (SSSR count). The molecule has 5 heteroatoms. The van der Waals surface area contributed by atoms with Gasteiger partial charge in [-0.3, -0.25) is 0 Å². The van der Waals surface area contributed by atoms with Crippen molar-refractivity contribution in [1.29, 1.82) is 0 Å². The molecule has 15 heavy (non-hydrogen) atoms. The SMILES string of the molecule is COC(=O)/C=C1\CCCC(C(F)(F)F)C1. The molecule has 1 aliphatic rings. The van der Waals surface area contributed by atoms with Crippen LogP contribution in [0.5, 0.6) is 0 Å². The van der Waals surface area contributed by atoms with Gasteiger partial charge in [0.25, 0.3) is 0 Å². The second-order valence-corrected chi connectivity index (χ2v) is 3.66. The van der Waals surface area contributed by atoms with Gasteiger partial charge in [-0.2, -0.15) is 13.2 Å². The zero-order valence-electron chi connectivity index (χ0n) is 8.43. The van der Waals surface area contributed by atoms with Gasteiger partial charge in [0, 0.05) is 6.08 Å². The minimum Gasteiger partial charge on any atom is -0.466 e. The van der Waals surface area contributed by atoms with E-state index in [9.17, 15) is 18.0 Å². The molecular weight excluding hydrogens is 209 g/mol. The number of rotatable bonds is 1. The summed E-state index contributed by atoms with van der Waals surface area (Å²) in [6, 6.07) is 0. The number of halogens is 3. The predicted octanol–water partition coefficient (Wildman–Crippen LogP) is 2.84. The van der Waals surface area contributed by atoms with E-state index in [1.807, 2.05) is 0 Å². The molecule has 0 aromatic heterocycles. The maximum absolute atomic E-state index is 12.4. The standard InChI is InChI=1S/C10H13F3O2/c1-15-9(14)6-7-3-2-4-8(5-7)10(11,12)13/h6,8H,2-5H2,1H3/b7-6+. The minimum absolute atomic E-state index is 0.0708.